The minimum Gasteiger partial charge on any atom is -0.348 e. The van der Waals surface area contributed by atoms with Crippen LogP contribution in [0.2, 0.25) is 0 Å². The first kappa shape index (κ1) is 19.9. The van der Waals surface area contributed by atoms with Crippen LogP contribution in [0.5, 0.6) is 0 Å². The second kappa shape index (κ2) is 7.62. The molecule has 1 saturated carbocycles. The lowest BCUT2D eigenvalue weighted by Gasteiger charge is -2.32. The van der Waals surface area contributed by atoms with E-state index in [-0.39, 0.29) is 29.7 Å². The van der Waals surface area contributed by atoms with E-state index in [4.69, 9.17) is 0 Å². The third-order valence-corrected chi connectivity index (χ3v) is 6.26. The Morgan fingerprint density at radius 3 is 2.30 bits per heavy atom. The molecule has 1 saturated heterocycles. The van der Waals surface area contributed by atoms with Crippen molar-refractivity contribution in [1.82, 2.24) is 10.2 Å². The molecule has 1 aliphatic carbocycles. The molecule has 27 heavy (non-hydrogen) atoms. The van der Waals surface area contributed by atoms with Crippen molar-refractivity contribution in [3.8, 4) is 0 Å². The molecule has 148 valence electrons. The average Bonchev–Trinajstić information content (AvgIpc) is 3.37. The van der Waals surface area contributed by atoms with E-state index < -0.39 is 5.41 Å². The number of thiophene rings is 1. The van der Waals surface area contributed by atoms with Gasteiger partial charge >= 0.3 is 0 Å². The summed E-state index contributed by atoms with van der Waals surface area (Å²) < 4.78 is 0. The Bertz CT molecular complexity index is 738. The zero-order valence-corrected chi connectivity index (χ0v) is 17.4. The van der Waals surface area contributed by atoms with Gasteiger partial charge in [0.05, 0.1) is 9.88 Å². The summed E-state index contributed by atoms with van der Waals surface area (Å²) in [4.78, 5) is 39.5. The first-order valence-electron chi connectivity index (χ1n) is 9.66. The van der Waals surface area contributed by atoms with Crippen LogP contribution in [0.3, 0.4) is 0 Å². The van der Waals surface area contributed by atoms with Gasteiger partial charge in [0.2, 0.25) is 11.8 Å². The highest BCUT2D eigenvalue weighted by Crippen LogP contribution is 2.32. The topological polar surface area (TPSA) is 78.5 Å². The Hall–Kier alpha value is -1.89. The van der Waals surface area contributed by atoms with Crippen molar-refractivity contribution in [1.29, 1.82) is 0 Å². The molecule has 6 nitrogen and oxygen atoms in total. The molecule has 1 aromatic heterocycles. The summed E-state index contributed by atoms with van der Waals surface area (Å²) in [7, 11) is 0. The van der Waals surface area contributed by atoms with Crippen molar-refractivity contribution < 1.29 is 14.4 Å². The number of carbonyl (C=O) groups is 3. The van der Waals surface area contributed by atoms with E-state index in [1.54, 1.807) is 0 Å². The predicted octanol–water partition coefficient (Wildman–Crippen LogP) is 3.17. The number of nitrogens with zero attached hydrogens (tertiary/aromatic N) is 1. The second-order valence-electron chi connectivity index (χ2n) is 8.67. The monoisotopic (exact) mass is 391 g/mol. The average molecular weight is 392 g/mol. The number of amides is 3. The molecule has 0 radical (unpaired) electrons. The summed E-state index contributed by atoms with van der Waals surface area (Å²) in [5, 5.41) is 6.69. The van der Waals surface area contributed by atoms with E-state index in [1.165, 1.54) is 11.3 Å². The summed E-state index contributed by atoms with van der Waals surface area (Å²) >= 11 is 1.31. The number of nitrogens with one attached hydrogen (secondary N) is 2. The Labute approximate surface area is 164 Å². The van der Waals surface area contributed by atoms with E-state index in [0.29, 0.717) is 9.88 Å². The van der Waals surface area contributed by atoms with Crippen LogP contribution < -0.4 is 10.6 Å². The number of carbonyl (C=O) groups excluding carboxylic acids is 3. The molecule has 2 aliphatic rings. The highest BCUT2D eigenvalue weighted by molar-refractivity contribution is 7.18. The van der Waals surface area contributed by atoms with Gasteiger partial charge in [0.15, 0.2) is 0 Å². The molecule has 3 amide bonds. The van der Waals surface area contributed by atoms with Gasteiger partial charge in [-0.05, 0) is 44.2 Å². The molecular formula is C20H29N3O3S. The molecular weight excluding hydrogens is 362 g/mol. The third kappa shape index (κ3) is 4.89. The number of hydrogen-bond donors (Lipinski definition) is 2. The maximum absolute atomic E-state index is 12.7. The van der Waals surface area contributed by atoms with Crippen LogP contribution in [0.15, 0.2) is 6.07 Å². The number of hydrogen-bond acceptors (Lipinski definition) is 4. The molecule has 1 aliphatic heterocycles. The maximum atomic E-state index is 12.7. The van der Waals surface area contributed by atoms with Gasteiger partial charge in [-0.15, -0.1) is 11.3 Å². The molecule has 0 spiro atoms. The van der Waals surface area contributed by atoms with Crippen molar-refractivity contribution in [2.45, 2.75) is 59.4 Å². The molecule has 7 heteroatoms. The highest BCUT2D eigenvalue weighted by Gasteiger charge is 2.35. The number of piperidine rings is 1. The zero-order chi connectivity index (χ0) is 19.8. The molecule has 0 aromatic carbocycles. The van der Waals surface area contributed by atoms with E-state index >= 15 is 0 Å². The van der Waals surface area contributed by atoms with Crippen molar-refractivity contribution in [2.75, 3.05) is 18.4 Å². The summed E-state index contributed by atoms with van der Waals surface area (Å²) in [6.07, 6.45) is 3.65. The number of likely N-dealkylation sites (tertiary alicyclic amines) is 1. The van der Waals surface area contributed by atoms with Gasteiger partial charge in [-0.25, -0.2) is 0 Å². The van der Waals surface area contributed by atoms with Crippen LogP contribution in [0.1, 0.15) is 61.7 Å². The van der Waals surface area contributed by atoms with Crippen LogP contribution in [-0.4, -0.2) is 41.8 Å². The normalized spacial score (nSPS) is 18.3. The minimum absolute atomic E-state index is 0.0663. The lowest BCUT2D eigenvalue weighted by Crippen LogP contribution is -2.46. The summed E-state index contributed by atoms with van der Waals surface area (Å²) in [6.45, 7) is 8.90. The van der Waals surface area contributed by atoms with Crippen LogP contribution in [0.4, 0.5) is 5.00 Å². The van der Waals surface area contributed by atoms with E-state index in [1.807, 2.05) is 38.7 Å². The summed E-state index contributed by atoms with van der Waals surface area (Å²) in [5.41, 5.74) is 0.384. The first-order valence-corrected chi connectivity index (χ1v) is 10.5. The lowest BCUT2D eigenvalue weighted by atomic mass is 9.96. The molecule has 2 fully saturated rings. The van der Waals surface area contributed by atoms with Crippen LogP contribution in [0, 0.1) is 18.3 Å². The molecule has 0 unspecified atom stereocenters. The van der Waals surface area contributed by atoms with Crippen LogP contribution in [-0.2, 0) is 9.59 Å². The van der Waals surface area contributed by atoms with Crippen molar-refractivity contribution >= 4 is 34.1 Å². The number of rotatable bonds is 4. The third-order valence-electron chi connectivity index (χ3n) is 5.11. The van der Waals surface area contributed by atoms with Crippen molar-refractivity contribution in [3.05, 3.63) is 16.5 Å². The number of aryl methyl sites for hydroxylation is 1. The fraction of sp³-hybridized carbons (Fsp3) is 0.650. The van der Waals surface area contributed by atoms with Gasteiger partial charge in [-0.2, -0.15) is 0 Å². The SMILES string of the molecule is Cc1cc(NC(=O)C(C)(C)C)sc1C(=O)NC1CCN(C(=O)C2CC2)CC1. The first-order chi connectivity index (χ1) is 12.6. The fourth-order valence-corrected chi connectivity index (χ4v) is 4.12. The van der Waals surface area contributed by atoms with Gasteiger partial charge in [0.1, 0.15) is 0 Å². The standard InChI is InChI=1S/C20H29N3O3S/c1-12-11-15(22-19(26)20(2,3)4)27-16(12)17(24)21-14-7-9-23(10-8-14)18(25)13-5-6-13/h11,13-14H,5-10H2,1-4H3,(H,21,24)(H,22,26). The van der Waals surface area contributed by atoms with E-state index in [9.17, 15) is 14.4 Å². The predicted molar refractivity (Wildman–Crippen MR) is 107 cm³/mol. The molecule has 3 rings (SSSR count). The quantitative estimate of drug-likeness (QED) is 0.827. The maximum Gasteiger partial charge on any atom is 0.261 e. The molecule has 0 bridgehead atoms. The molecule has 0 atom stereocenters. The molecule has 2 heterocycles. The molecule has 1 aromatic rings. The van der Waals surface area contributed by atoms with Crippen LogP contribution >= 0.6 is 11.3 Å². The fourth-order valence-electron chi connectivity index (χ4n) is 3.15. The van der Waals surface area contributed by atoms with Gasteiger partial charge < -0.3 is 15.5 Å². The highest BCUT2D eigenvalue weighted by atomic mass is 32.1. The Morgan fingerprint density at radius 1 is 1.11 bits per heavy atom. The lowest BCUT2D eigenvalue weighted by molar-refractivity contribution is -0.133. The van der Waals surface area contributed by atoms with Gasteiger partial charge in [-0.3, -0.25) is 14.4 Å². The Morgan fingerprint density at radius 2 is 1.74 bits per heavy atom. The van der Waals surface area contributed by atoms with Gasteiger partial charge in [0, 0.05) is 30.5 Å². The Kier molecular flexibility index (Phi) is 5.60. The summed E-state index contributed by atoms with van der Waals surface area (Å²) in [5.74, 6) is 0.379. The number of anilines is 1. The van der Waals surface area contributed by atoms with Gasteiger partial charge in [-0.1, -0.05) is 20.8 Å². The molecule has 2 N–H and O–H groups in total. The van der Waals surface area contributed by atoms with E-state index in [2.05, 4.69) is 10.6 Å². The van der Waals surface area contributed by atoms with Gasteiger partial charge in [0.25, 0.3) is 5.91 Å². The minimum atomic E-state index is -0.480. The second-order valence-corrected chi connectivity index (χ2v) is 9.73. The zero-order valence-electron chi connectivity index (χ0n) is 16.6. The van der Waals surface area contributed by atoms with Crippen LogP contribution in [0.25, 0.3) is 0 Å². The summed E-state index contributed by atoms with van der Waals surface area (Å²) in [6, 6.07) is 1.94. The largest absolute Gasteiger partial charge is 0.348 e. The smallest absolute Gasteiger partial charge is 0.261 e. The van der Waals surface area contributed by atoms with Crippen molar-refractivity contribution in [2.24, 2.45) is 11.3 Å². The van der Waals surface area contributed by atoms with Crippen molar-refractivity contribution in [3.63, 3.8) is 0 Å². The Balaban J connectivity index is 1.54. The van der Waals surface area contributed by atoms with E-state index in [0.717, 1.165) is 44.3 Å².